The molecule has 0 saturated heterocycles. The average molecular weight is 550 g/mol. The first-order valence-corrected chi connectivity index (χ1v) is 14.8. The summed E-state index contributed by atoms with van der Waals surface area (Å²) < 4.78 is 41.7. The van der Waals surface area contributed by atoms with Crippen molar-refractivity contribution >= 4 is 28.1 Å². The van der Waals surface area contributed by atoms with Crippen LogP contribution in [-0.4, -0.2) is 73.4 Å². The normalized spacial score (nSPS) is 20.4. The Hall–Kier alpha value is -1.92. The Morgan fingerprint density at radius 1 is 1.05 bits per heavy atom. The molecule has 0 aromatic rings. The number of carboxylic acids is 1. The average Bonchev–Trinajstić information content (AvgIpc) is 2.84. The van der Waals surface area contributed by atoms with Crippen LogP contribution < -0.4 is 5.32 Å². The van der Waals surface area contributed by atoms with E-state index in [9.17, 15) is 33.0 Å². The van der Waals surface area contributed by atoms with Gasteiger partial charge in [-0.1, -0.05) is 39.5 Å². The number of hydrogen-bond acceptors (Lipinski definition) is 9. The molecule has 1 amide bonds. The number of aliphatic hydroxyl groups excluding tert-OH is 1. The predicted molar refractivity (Wildman–Crippen MR) is 134 cm³/mol. The van der Waals surface area contributed by atoms with Gasteiger partial charge in [-0.15, -0.1) is 0 Å². The molecule has 0 heterocycles. The maximum Gasteiger partial charge on any atom is 0.508 e. The standard InChI is InChI=1S/C25H43NO10S/c1-18(27)26-15-10-16-37(32,33)36-20(24(2,3)21(28)22(29)30)17-34-23(31)35-25(13-8-5-9-14-25)19-11-6-4-7-12-19/h19-21,28H,4-17H2,1-3H3,(H,26,27)(H,29,30)/t20?,21-/m0/s1. The Morgan fingerprint density at radius 2 is 1.65 bits per heavy atom. The lowest BCUT2D eigenvalue weighted by Gasteiger charge is -2.44. The van der Waals surface area contributed by atoms with Gasteiger partial charge in [-0.25, -0.2) is 9.59 Å². The number of hydrogen-bond donors (Lipinski definition) is 3. The molecule has 2 fully saturated rings. The van der Waals surface area contributed by atoms with Crippen molar-refractivity contribution in [3.63, 3.8) is 0 Å². The first-order chi connectivity index (χ1) is 17.3. The molecule has 2 rings (SSSR count). The fraction of sp³-hybridized carbons (Fsp3) is 0.880. The van der Waals surface area contributed by atoms with Crippen LogP contribution in [0.4, 0.5) is 4.79 Å². The van der Waals surface area contributed by atoms with Gasteiger partial charge in [0.05, 0.1) is 5.75 Å². The zero-order valence-electron chi connectivity index (χ0n) is 22.2. The van der Waals surface area contributed by atoms with Crippen LogP contribution >= 0.6 is 0 Å². The van der Waals surface area contributed by atoms with Crippen molar-refractivity contribution < 1.29 is 46.7 Å². The van der Waals surface area contributed by atoms with E-state index in [1.54, 1.807) is 0 Å². The highest BCUT2D eigenvalue weighted by atomic mass is 32.2. The van der Waals surface area contributed by atoms with E-state index >= 15 is 0 Å². The third kappa shape index (κ3) is 9.40. The van der Waals surface area contributed by atoms with E-state index in [-0.39, 0.29) is 24.8 Å². The number of carbonyl (C=O) groups excluding carboxylic acids is 2. The summed E-state index contributed by atoms with van der Waals surface area (Å²) in [6.07, 6.45) is 5.39. The number of carbonyl (C=O) groups is 3. The summed E-state index contributed by atoms with van der Waals surface area (Å²) in [6, 6.07) is 0. The second kappa shape index (κ2) is 13.7. The Bertz CT molecular complexity index is 876. The van der Waals surface area contributed by atoms with Gasteiger partial charge in [0, 0.05) is 18.9 Å². The zero-order valence-corrected chi connectivity index (χ0v) is 23.0. The molecule has 0 aliphatic heterocycles. The molecule has 1 unspecified atom stereocenters. The molecular weight excluding hydrogens is 506 g/mol. The lowest BCUT2D eigenvalue weighted by atomic mass is 9.70. The lowest BCUT2D eigenvalue weighted by Crippen LogP contribution is -2.50. The minimum atomic E-state index is -4.21. The monoisotopic (exact) mass is 549 g/mol. The van der Waals surface area contributed by atoms with Gasteiger partial charge in [-0.3, -0.25) is 8.98 Å². The maximum absolute atomic E-state index is 12.9. The summed E-state index contributed by atoms with van der Waals surface area (Å²) in [5.41, 5.74) is -2.25. The van der Waals surface area contributed by atoms with Crippen molar-refractivity contribution in [2.75, 3.05) is 18.9 Å². The molecule has 12 heteroatoms. The fourth-order valence-corrected chi connectivity index (χ4v) is 6.56. The van der Waals surface area contributed by atoms with Gasteiger partial charge in [0.1, 0.15) is 18.3 Å². The first kappa shape index (κ1) is 31.3. The van der Waals surface area contributed by atoms with Crippen LogP contribution in [0.25, 0.3) is 0 Å². The highest BCUT2D eigenvalue weighted by Crippen LogP contribution is 2.44. The number of ether oxygens (including phenoxy) is 2. The minimum absolute atomic E-state index is 0.0589. The molecule has 0 spiro atoms. The number of aliphatic hydroxyl groups is 1. The Labute approximate surface area is 219 Å². The summed E-state index contributed by atoms with van der Waals surface area (Å²) in [4.78, 5) is 35.3. The lowest BCUT2D eigenvalue weighted by molar-refractivity contribution is -0.159. The van der Waals surface area contributed by atoms with Crippen molar-refractivity contribution in [2.45, 2.75) is 109 Å². The molecule has 214 valence electrons. The van der Waals surface area contributed by atoms with Gasteiger partial charge < -0.3 is 25.0 Å². The topological polar surface area (TPSA) is 166 Å². The fourth-order valence-electron chi connectivity index (χ4n) is 5.31. The predicted octanol–water partition coefficient (Wildman–Crippen LogP) is 3.14. The number of nitrogens with one attached hydrogen (secondary N) is 1. The van der Waals surface area contributed by atoms with Gasteiger partial charge in [0.2, 0.25) is 5.91 Å². The SMILES string of the molecule is CC(=O)NCCCS(=O)(=O)OC(COC(=O)OC1(C2CCCCC2)CCCCC1)C(C)(C)[C@@H](O)C(=O)O. The molecule has 11 nitrogen and oxygen atoms in total. The number of amides is 1. The van der Waals surface area contributed by atoms with Gasteiger partial charge in [0.25, 0.3) is 10.1 Å². The van der Waals surface area contributed by atoms with Crippen molar-refractivity contribution in [2.24, 2.45) is 11.3 Å². The van der Waals surface area contributed by atoms with Gasteiger partial charge >= 0.3 is 12.1 Å². The van der Waals surface area contributed by atoms with E-state index in [0.717, 1.165) is 64.2 Å². The van der Waals surface area contributed by atoms with E-state index in [1.807, 2.05) is 0 Å². The van der Waals surface area contributed by atoms with Crippen LogP contribution in [0.1, 0.15) is 91.4 Å². The molecule has 2 aliphatic carbocycles. The van der Waals surface area contributed by atoms with Gasteiger partial charge in [-0.05, 0) is 50.9 Å². The molecular formula is C25H43NO10S. The van der Waals surface area contributed by atoms with Crippen LogP contribution in [-0.2, 0) is 33.4 Å². The molecule has 0 bridgehead atoms. The molecule has 2 atom stereocenters. The second-order valence-corrected chi connectivity index (χ2v) is 12.6. The summed E-state index contributed by atoms with van der Waals surface area (Å²) >= 11 is 0. The molecule has 37 heavy (non-hydrogen) atoms. The highest BCUT2D eigenvalue weighted by molar-refractivity contribution is 7.86. The van der Waals surface area contributed by atoms with Crippen molar-refractivity contribution in [1.82, 2.24) is 5.32 Å². The Kier molecular flexibility index (Phi) is 11.6. The molecule has 2 saturated carbocycles. The van der Waals surface area contributed by atoms with Crippen LogP contribution in [0.2, 0.25) is 0 Å². The van der Waals surface area contributed by atoms with Crippen LogP contribution in [0.15, 0.2) is 0 Å². The molecule has 0 radical (unpaired) electrons. The second-order valence-electron chi connectivity index (χ2n) is 10.9. The summed E-state index contributed by atoms with van der Waals surface area (Å²) in [5, 5.41) is 22.1. The molecule has 0 aromatic heterocycles. The quantitative estimate of drug-likeness (QED) is 0.176. The van der Waals surface area contributed by atoms with E-state index in [0.29, 0.717) is 0 Å². The number of aliphatic carboxylic acids is 1. The van der Waals surface area contributed by atoms with Crippen molar-refractivity contribution in [1.29, 1.82) is 0 Å². The van der Waals surface area contributed by atoms with Crippen molar-refractivity contribution in [3.8, 4) is 0 Å². The summed E-state index contributed by atoms with van der Waals surface area (Å²) in [5.74, 6) is -2.09. The van der Waals surface area contributed by atoms with Crippen LogP contribution in [0, 0.1) is 11.3 Å². The van der Waals surface area contributed by atoms with E-state index < -0.39 is 57.8 Å². The minimum Gasteiger partial charge on any atom is -0.479 e. The van der Waals surface area contributed by atoms with Crippen molar-refractivity contribution in [3.05, 3.63) is 0 Å². The van der Waals surface area contributed by atoms with Crippen LogP contribution in [0.3, 0.4) is 0 Å². The maximum atomic E-state index is 12.9. The van der Waals surface area contributed by atoms with E-state index in [2.05, 4.69) is 5.32 Å². The number of rotatable bonds is 13. The third-order valence-electron chi connectivity index (χ3n) is 7.66. The van der Waals surface area contributed by atoms with E-state index in [1.165, 1.54) is 20.8 Å². The Balaban J connectivity index is 2.11. The summed E-state index contributed by atoms with van der Waals surface area (Å²) in [7, 11) is -4.21. The van der Waals surface area contributed by atoms with Gasteiger partial charge in [-0.2, -0.15) is 8.42 Å². The highest BCUT2D eigenvalue weighted by Gasteiger charge is 2.46. The molecule has 0 aromatic carbocycles. The van der Waals surface area contributed by atoms with Gasteiger partial charge in [0.15, 0.2) is 6.10 Å². The van der Waals surface area contributed by atoms with Crippen LogP contribution in [0.5, 0.6) is 0 Å². The zero-order chi connectivity index (χ0) is 27.7. The Morgan fingerprint density at radius 3 is 2.22 bits per heavy atom. The largest absolute Gasteiger partial charge is 0.508 e. The smallest absolute Gasteiger partial charge is 0.479 e. The third-order valence-corrected chi connectivity index (χ3v) is 8.98. The molecule has 2 aliphatic rings. The first-order valence-electron chi connectivity index (χ1n) is 13.2. The molecule has 3 N–H and O–H groups in total. The summed E-state index contributed by atoms with van der Waals surface area (Å²) in [6.45, 7) is 3.43. The number of carboxylic acid groups (broad SMARTS) is 1. The van der Waals surface area contributed by atoms with E-state index in [4.69, 9.17) is 13.7 Å².